The molecule has 3 rings (SSSR count). The highest BCUT2D eigenvalue weighted by atomic mass is 32.1. The van der Waals surface area contributed by atoms with Gasteiger partial charge in [-0.25, -0.2) is 4.79 Å². The van der Waals surface area contributed by atoms with Gasteiger partial charge in [-0.2, -0.15) is 5.26 Å². The van der Waals surface area contributed by atoms with Crippen molar-refractivity contribution in [1.29, 1.82) is 5.26 Å². The minimum atomic E-state index is -0.649. The van der Waals surface area contributed by atoms with E-state index < -0.39 is 18.5 Å². The third kappa shape index (κ3) is 4.76. The lowest BCUT2D eigenvalue weighted by molar-refractivity contribution is -0.142. The largest absolute Gasteiger partial charge is 0.493 e. The van der Waals surface area contributed by atoms with Crippen molar-refractivity contribution in [2.75, 3.05) is 26.1 Å². The summed E-state index contributed by atoms with van der Waals surface area (Å²) in [7, 11) is 3.07. The summed E-state index contributed by atoms with van der Waals surface area (Å²) in [6.07, 6.45) is 5.61. The fraction of sp³-hybridized carbons (Fsp3) is 0.286. The Hall–Kier alpha value is -3.31. The van der Waals surface area contributed by atoms with Crippen LogP contribution in [-0.4, -0.2) is 32.7 Å². The van der Waals surface area contributed by atoms with Gasteiger partial charge in [-0.05, 0) is 48.6 Å². The van der Waals surface area contributed by atoms with Crippen LogP contribution in [0.15, 0.2) is 24.3 Å². The Balaban J connectivity index is 1.54. The Kier molecular flexibility index (Phi) is 6.52. The standard InChI is InChI=1S/C21H20N2O5S/c1-26-16-8-6-13(10-17(16)27-2)7-9-20(25)28-12-19(24)23-21-15(11-22)14-4-3-5-18(14)29-21/h6-10H,3-5,12H2,1-2H3,(H,23,24). The van der Waals surface area contributed by atoms with E-state index in [1.54, 1.807) is 31.4 Å². The average molecular weight is 412 g/mol. The number of nitriles is 1. The fourth-order valence-corrected chi connectivity index (χ4v) is 4.33. The Morgan fingerprint density at radius 2 is 2.03 bits per heavy atom. The Labute approximate surface area is 172 Å². The number of thiophene rings is 1. The number of rotatable bonds is 7. The second kappa shape index (κ2) is 9.26. The van der Waals surface area contributed by atoms with Gasteiger partial charge in [-0.3, -0.25) is 4.79 Å². The summed E-state index contributed by atoms with van der Waals surface area (Å²) < 4.78 is 15.4. The first-order valence-electron chi connectivity index (χ1n) is 8.97. The van der Waals surface area contributed by atoms with Crippen LogP contribution in [0.1, 0.15) is 28.0 Å². The number of aryl methyl sites for hydroxylation is 1. The minimum Gasteiger partial charge on any atom is -0.493 e. The summed E-state index contributed by atoms with van der Waals surface area (Å²) in [5, 5.41) is 12.5. The van der Waals surface area contributed by atoms with E-state index in [0.29, 0.717) is 22.1 Å². The molecule has 0 radical (unpaired) electrons. The van der Waals surface area contributed by atoms with Crippen LogP contribution in [0.5, 0.6) is 11.5 Å². The van der Waals surface area contributed by atoms with Gasteiger partial charge in [0.2, 0.25) is 0 Å². The number of carbonyl (C=O) groups excluding carboxylic acids is 2. The summed E-state index contributed by atoms with van der Waals surface area (Å²) in [6, 6.07) is 7.36. The highest BCUT2D eigenvalue weighted by Crippen LogP contribution is 2.38. The van der Waals surface area contributed by atoms with Crippen molar-refractivity contribution in [2.45, 2.75) is 19.3 Å². The second-order valence-corrected chi connectivity index (χ2v) is 7.38. The van der Waals surface area contributed by atoms with Gasteiger partial charge >= 0.3 is 5.97 Å². The lowest BCUT2D eigenvalue weighted by Crippen LogP contribution is -2.20. The van der Waals surface area contributed by atoms with Crippen molar-refractivity contribution in [3.8, 4) is 17.6 Å². The lowest BCUT2D eigenvalue weighted by atomic mass is 10.1. The maximum Gasteiger partial charge on any atom is 0.331 e. The molecule has 1 aliphatic carbocycles. The van der Waals surface area contributed by atoms with Crippen molar-refractivity contribution >= 4 is 34.3 Å². The minimum absolute atomic E-state index is 0.428. The Bertz CT molecular complexity index is 1000. The number of methoxy groups -OCH3 is 2. The molecular weight excluding hydrogens is 392 g/mol. The summed E-state index contributed by atoms with van der Waals surface area (Å²) in [5.41, 5.74) is 2.27. The van der Waals surface area contributed by atoms with Gasteiger partial charge in [-0.15, -0.1) is 11.3 Å². The van der Waals surface area contributed by atoms with E-state index in [1.807, 2.05) is 0 Å². The molecule has 7 nitrogen and oxygen atoms in total. The Morgan fingerprint density at radius 1 is 1.24 bits per heavy atom. The molecule has 1 heterocycles. The molecule has 0 aliphatic heterocycles. The number of anilines is 1. The van der Waals surface area contributed by atoms with Gasteiger partial charge in [-0.1, -0.05) is 6.07 Å². The number of amides is 1. The summed E-state index contributed by atoms with van der Waals surface area (Å²) in [4.78, 5) is 25.1. The number of esters is 1. The molecule has 1 aliphatic rings. The highest BCUT2D eigenvalue weighted by Gasteiger charge is 2.23. The van der Waals surface area contributed by atoms with E-state index >= 15 is 0 Å². The normalized spacial score (nSPS) is 12.3. The molecule has 0 saturated carbocycles. The van der Waals surface area contributed by atoms with Crippen LogP contribution in [0.2, 0.25) is 0 Å². The van der Waals surface area contributed by atoms with Crippen molar-refractivity contribution in [3.05, 3.63) is 45.8 Å². The first-order chi connectivity index (χ1) is 14.0. The zero-order chi connectivity index (χ0) is 20.8. The maximum atomic E-state index is 12.1. The summed E-state index contributed by atoms with van der Waals surface area (Å²) >= 11 is 1.42. The molecule has 0 fully saturated rings. The molecule has 1 amide bonds. The van der Waals surface area contributed by atoms with Crippen molar-refractivity contribution in [3.63, 3.8) is 0 Å². The quantitative estimate of drug-likeness (QED) is 0.553. The van der Waals surface area contributed by atoms with E-state index in [9.17, 15) is 14.9 Å². The van der Waals surface area contributed by atoms with Gasteiger partial charge in [0.25, 0.3) is 5.91 Å². The monoisotopic (exact) mass is 412 g/mol. The van der Waals surface area contributed by atoms with Crippen LogP contribution in [0.4, 0.5) is 5.00 Å². The van der Waals surface area contributed by atoms with Gasteiger partial charge < -0.3 is 19.5 Å². The van der Waals surface area contributed by atoms with Gasteiger partial charge in [0.05, 0.1) is 19.8 Å². The topological polar surface area (TPSA) is 97.6 Å². The number of hydrogen-bond acceptors (Lipinski definition) is 7. The summed E-state index contributed by atoms with van der Waals surface area (Å²) in [5.74, 6) is -0.00266. The van der Waals surface area contributed by atoms with E-state index in [4.69, 9.17) is 14.2 Å². The first-order valence-corrected chi connectivity index (χ1v) is 9.78. The molecule has 0 unspecified atom stereocenters. The van der Waals surface area contributed by atoms with Crippen LogP contribution in [-0.2, 0) is 27.2 Å². The zero-order valence-electron chi connectivity index (χ0n) is 16.1. The van der Waals surface area contributed by atoms with Crippen molar-refractivity contribution in [2.24, 2.45) is 0 Å². The molecule has 1 aromatic carbocycles. The Morgan fingerprint density at radius 3 is 2.76 bits per heavy atom. The van der Waals surface area contributed by atoms with Crippen molar-refractivity contribution < 1.29 is 23.8 Å². The van der Waals surface area contributed by atoms with Gasteiger partial charge in [0.15, 0.2) is 18.1 Å². The van der Waals surface area contributed by atoms with Gasteiger partial charge in [0, 0.05) is 11.0 Å². The molecule has 0 spiro atoms. The zero-order valence-corrected chi connectivity index (χ0v) is 16.9. The van der Waals surface area contributed by atoms with E-state index in [2.05, 4.69) is 11.4 Å². The molecule has 1 N–H and O–H groups in total. The van der Waals surface area contributed by atoms with E-state index in [0.717, 1.165) is 35.3 Å². The molecule has 29 heavy (non-hydrogen) atoms. The molecule has 8 heteroatoms. The molecular formula is C21H20N2O5S. The molecule has 0 bridgehead atoms. The SMILES string of the molecule is COc1ccc(C=CC(=O)OCC(=O)Nc2sc3c(c2C#N)CCC3)cc1OC. The predicted molar refractivity (Wildman–Crippen MR) is 109 cm³/mol. The number of benzene rings is 1. The number of hydrogen-bond donors (Lipinski definition) is 1. The number of carbonyl (C=O) groups is 2. The average Bonchev–Trinajstić information content (AvgIpc) is 3.31. The number of fused-ring (bicyclic) bond motifs is 1. The second-order valence-electron chi connectivity index (χ2n) is 6.28. The molecule has 150 valence electrons. The number of nitrogens with one attached hydrogen (secondary N) is 1. The van der Waals surface area contributed by atoms with Crippen LogP contribution < -0.4 is 14.8 Å². The first kappa shape index (κ1) is 20.4. The number of ether oxygens (including phenoxy) is 3. The summed E-state index contributed by atoms with van der Waals surface area (Å²) in [6.45, 7) is -0.428. The van der Waals surface area contributed by atoms with Crippen LogP contribution in [0.3, 0.4) is 0 Å². The lowest BCUT2D eigenvalue weighted by Gasteiger charge is -2.07. The molecule has 1 aromatic heterocycles. The molecule has 0 saturated heterocycles. The number of nitrogens with zero attached hydrogens (tertiary/aromatic N) is 1. The molecule has 2 aromatic rings. The van der Waals surface area contributed by atoms with Crippen molar-refractivity contribution in [1.82, 2.24) is 0 Å². The van der Waals surface area contributed by atoms with Crippen LogP contribution in [0.25, 0.3) is 6.08 Å². The maximum absolute atomic E-state index is 12.1. The van der Waals surface area contributed by atoms with E-state index in [-0.39, 0.29) is 0 Å². The van der Waals surface area contributed by atoms with Crippen LogP contribution >= 0.6 is 11.3 Å². The van der Waals surface area contributed by atoms with E-state index in [1.165, 1.54) is 24.5 Å². The highest BCUT2D eigenvalue weighted by molar-refractivity contribution is 7.16. The van der Waals surface area contributed by atoms with Gasteiger partial charge in [0.1, 0.15) is 11.1 Å². The predicted octanol–water partition coefficient (Wildman–Crippen LogP) is 3.32. The smallest absolute Gasteiger partial charge is 0.331 e. The fourth-order valence-electron chi connectivity index (χ4n) is 3.08. The molecule has 0 atom stereocenters. The third-order valence-corrected chi connectivity index (χ3v) is 5.66. The third-order valence-electron chi connectivity index (χ3n) is 4.45. The van der Waals surface area contributed by atoms with Crippen LogP contribution in [0, 0.1) is 11.3 Å².